The SMILES string of the molecule is CCC(CN1CCOCC1)N1C(=O)[C@@](C)(CC(=O)O)CCC1c1ccc(Cl)cn1.Cc1cccc(Cl)c1. The number of carbonyl (C=O) groups excluding carboxylic acids is 1. The monoisotopic (exact) mass is 549 g/mol. The Morgan fingerprint density at radius 3 is 2.49 bits per heavy atom. The zero-order valence-electron chi connectivity index (χ0n) is 21.8. The zero-order chi connectivity index (χ0) is 27.0. The average molecular weight is 551 g/mol. The van der Waals surface area contributed by atoms with Crippen LogP contribution in [0, 0.1) is 12.3 Å². The van der Waals surface area contributed by atoms with Gasteiger partial charge in [0.15, 0.2) is 0 Å². The van der Waals surface area contributed by atoms with E-state index >= 15 is 0 Å². The van der Waals surface area contributed by atoms with Gasteiger partial charge in [-0.15, -0.1) is 0 Å². The maximum Gasteiger partial charge on any atom is 0.304 e. The number of aromatic nitrogens is 1. The van der Waals surface area contributed by atoms with Crippen molar-refractivity contribution in [3.8, 4) is 0 Å². The van der Waals surface area contributed by atoms with Crippen molar-refractivity contribution in [1.29, 1.82) is 0 Å². The van der Waals surface area contributed by atoms with Crippen LogP contribution in [0.3, 0.4) is 0 Å². The molecule has 2 aliphatic rings. The molecule has 0 saturated carbocycles. The molecule has 2 aromatic rings. The summed E-state index contributed by atoms with van der Waals surface area (Å²) < 4.78 is 5.45. The van der Waals surface area contributed by atoms with E-state index in [-0.39, 0.29) is 24.4 Å². The van der Waals surface area contributed by atoms with Crippen molar-refractivity contribution in [3.63, 3.8) is 0 Å². The number of ether oxygens (including phenoxy) is 1. The summed E-state index contributed by atoms with van der Waals surface area (Å²) in [6.07, 6.45) is 3.45. The van der Waals surface area contributed by atoms with Gasteiger partial charge >= 0.3 is 5.97 Å². The van der Waals surface area contributed by atoms with E-state index in [0.717, 1.165) is 36.8 Å². The molecule has 0 aliphatic carbocycles. The number of benzene rings is 1. The number of aliphatic carboxylic acids is 1. The van der Waals surface area contributed by atoms with Crippen LogP contribution in [-0.4, -0.2) is 70.7 Å². The summed E-state index contributed by atoms with van der Waals surface area (Å²) >= 11 is 11.7. The minimum atomic E-state index is -0.940. The van der Waals surface area contributed by atoms with Crippen LogP contribution in [0.15, 0.2) is 42.6 Å². The predicted molar refractivity (Wildman–Crippen MR) is 146 cm³/mol. The normalized spacial score (nSPS) is 23.2. The highest BCUT2D eigenvalue weighted by atomic mass is 35.5. The minimum absolute atomic E-state index is 0.0171. The molecular formula is C28H37Cl2N3O4. The van der Waals surface area contributed by atoms with Gasteiger partial charge in [0, 0.05) is 36.9 Å². The molecule has 0 spiro atoms. The third-order valence-electron chi connectivity index (χ3n) is 7.11. The second-order valence-corrected chi connectivity index (χ2v) is 10.9. The number of nitrogens with zero attached hydrogens (tertiary/aromatic N) is 3. The molecule has 3 heterocycles. The topological polar surface area (TPSA) is 83.0 Å². The number of likely N-dealkylation sites (tertiary alicyclic amines) is 1. The molecule has 2 saturated heterocycles. The van der Waals surface area contributed by atoms with E-state index in [4.69, 9.17) is 27.9 Å². The molecule has 9 heteroatoms. The number of piperidine rings is 1. The van der Waals surface area contributed by atoms with Gasteiger partial charge in [-0.1, -0.05) is 49.2 Å². The summed E-state index contributed by atoms with van der Waals surface area (Å²) in [7, 11) is 0. The van der Waals surface area contributed by atoms with E-state index in [1.54, 1.807) is 19.2 Å². The molecule has 3 atom stereocenters. The summed E-state index contributed by atoms with van der Waals surface area (Å²) in [5, 5.41) is 10.7. The fourth-order valence-electron chi connectivity index (χ4n) is 5.05. The van der Waals surface area contributed by atoms with Crippen molar-refractivity contribution in [2.75, 3.05) is 32.8 Å². The smallest absolute Gasteiger partial charge is 0.304 e. The van der Waals surface area contributed by atoms with Crippen molar-refractivity contribution in [3.05, 3.63) is 63.9 Å². The number of pyridine rings is 1. The maximum atomic E-state index is 13.6. The van der Waals surface area contributed by atoms with Gasteiger partial charge in [-0.25, -0.2) is 0 Å². The standard InChI is InChI=1S/C21H30ClN3O4.C7H7Cl/c1-3-16(14-24-8-10-29-11-9-24)25-18(17-5-4-15(22)13-23-17)6-7-21(2,20(25)28)12-19(26)27;1-6-3-2-4-7(8)5-6/h4-5,13,16,18H,3,6-12,14H2,1-2H3,(H,26,27);2-5H,1H3/t16?,18?,21-;/m1./s1. The average Bonchev–Trinajstić information content (AvgIpc) is 2.86. The van der Waals surface area contributed by atoms with Gasteiger partial charge in [0.05, 0.1) is 41.8 Å². The van der Waals surface area contributed by atoms with Crippen molar-refractivity contribution in [1.82, 2.24) is 14.8 Å². The molecule has 0 radical (unpaired) electrons. The number of amides is 1. The Bertz CT molecular complexity index is 1030. The van der Waals surface area contributed by atoms with Gasteiger partial charge in [0.2, 0.25) is 5.91 Å². The Kier molecular flexibility index (Phi) is 10.8. The summed E-state index contributed by atoms with van der Waals surface area (Å²) in [4.78, 5) is 33.8. The third-order valence-corrected chi connectivity index (χ3v) is 7.57. The molecule has 2 fully saturated rings. The lowest BCUT2D eigenvalue weighted by Crippen LogP contribution is -2.57. The first-order chi connectivity index (χ1) is 17.6. The summed E-state index contributed by atoms with van der Waals surface area (Å²) in [6.45, 7) is 9.71. The van der Waals surface area contributed by atoms with Crippen LogP contribution >= 0.6 is 23.2 Å². The summed E-state index contributed by atoms with van der Waals surface area (Å²) in [5.41, 5.74) is 1.12. The second kappa shape index (κ2) is 13.6. The number of halogens is 2. The molecule has 1 aromatic heterocycles. The Balaban J connectivity index is 0.000000405. The van der Waals surface area contributed by atoms with Crippen LogP contribution in [0.25, 0.3) is 0 Å². The van der Waals surface area contributed by atoms with Crippen LogP contribution in [0.5, 0.6) is 0 Å². The van der Waals surface area contributed by atoms with E-state index in [2.05, 4.69) is 16.8 Å². The molecule has 202 valence electrons. The maximum absolute atomic E-state index is 13.6. The highest BCUT2D eigenvalue weighted by Crippen LogP contribution is 2.44. The molecular weight excluding hydrogens is 513 g/mol. The lowest BCUT2D eigenvalue weighted by molar-refractivity contribution is -0.160. The quantitative estimate of drug-likeness (QED) is 0.481. The fraction of sp³-hybridized carbons (Fsp3) is 0.536. The van der Waals surface area contributed by atoms with E-state index in [9.17, 15) is 14.7 Å². The first kappa shape index (κ1) is 29.4. The van der Waals surface area contributed by atoms with Crippen molar-refractivity contribution < 1.29 is 19.4 Å². The Hall–Kier alpha value is -2.19. The van der Waals surface area contributed by atoms with Gasteiger partial charge in [-0.05, 0) is 56.0 Å². The largest absolute Gasteiger partial charge is 0.481 e. The number of morpholine rings is 1. The predicted octanol–water partition coefficient (Wildman–Crippen LogP) is 5.64. The van der Waals surface area contributed by atoms with Crippen LogP contribution in [0.2, 0.25) is 10.0 Å². The number of carboxylic acids is 1. The van der Waals surface area contributed by atoms with Gasteiger partial charge < -0.3 is 14.7 Å². The molecule has 1 N–H and O–H groups in total. The zero-order valence-corrected chi connectivity index (χ0v) is 23.3. The van der Waals surface area contributed by atoms with Crippen LogP contribution in [0.4, 0.5) is 0 Å². The number of rotatable bonds is 7. The second-order valence-electron chi connectivity index (χ2n) is 10.1. The minimum Gasteiger partial charge on any atom is -0.481 e. The van der Waals surface area contributed by atoms with Gasteiger partial charge in [0.1, 0.15) is 0 Å². The molecule has 2 unspecified atom stereocenters. The molecule has 0 bridgehead atoms. The number of hydrogen-bond donors (Lipinski definition) is 1. The number of carbonyl (C=O) groups is 2. The molecule has 4 rings (SSSR count). The van der Waals surface area contributed by atoms with Crippen LogP contribution in [0.1, 0.15) is 56.8 Å². The highest BCUT2D eigenvalue weighted by Gasteiger charge is 2.48. The van der Waals surface area contributed by atoms with Gasteiger partial charge in [0.25, 0.3) is 0 Å². The Morgan fingerprint density at radius 1 is 1.22 bits per heavy atom. The number of hydrogen-bond acceptors (Lipinski definition) is 5. The summed E-state index contributed by atoms with van der Waals surface area (Å²) in [5.74, 6) is -1.03. The number of aryl methyl sites for hydroxylation is 1. The lowest BCUT2D eigenvalue weighted by atomic mass is 9.74. The third kappa shape index (κ3) is 8.14. The Morgan fingerprint density at radius 2 is 1.95 bits per heavy atom. The molecule has 1 amide bonds. The molecule has 1 aromatic carbocycles. The molecule has 2 aliphatic heterocycles. The van der Waals surface area contributed by atoms with E-state index < -0.39 is 11.4 Å². The van der Waals surface area contributed by atoms with Crippen LogP contribution < -0.4 is 0 Å². The van der Waals surface area contributed by atoms with E-state index in [1.165, 1.54) is 5.56 Å². The summed E-state index contributed by atoms with van der Waals surface area (Å²) in [6, 6.07) is 11.2. The first-order valence-corrected chi connectivity index (χ1v) is 13.6. The van der Waals surface area contributed by atoms with E-state index in [1.807, 2.05) is 42.2 Å². The fourth-order valence-corrected chi connectivity index (χ4v) is 5.41. The number of carboxylic acid groups (broad SMARTS) is 1. The van der Waals surface area contributed by atoms with Crippen molar-refractivity contribution in [2.24, 2.45) is 5.41 Å². The van der Waals surface area contributed by atoms with Gasteiger partial charge in [-0.2, -0.15) is 0 Å². The lowest BCUT2D eigenvalue weighted by Gasteiger charge is -2.48. The highest BCUT2D eigenvalue weighted by molar-refractivity contribution is 6.30. The molecule has 37 heavy (non-hydrogen) atoms. The van der Waals surface area contributed by atoms with Gasteiger partial charge in [-0.3, -0.25) is 19.5 Å². The van der Waals surface area contributed by atoms with Crippen LogP contribution in [-0.2, 0) is 14.3 Å². The van der Waals surface area contributed by atoms with Crippen molar-refractivity contribution in [2.45, 2.75) is 58.5 Å². The van der Waals surface area contributed by atoms with E-state index in [0.29, 0.717) is 31.1 Å². The Labute approximate surface area is 229 Å². The van der Waals surface area contributed by atoms with Crippen molar-refractivity contribution >= 4 is 35.1 Å². The first-order valence-electron chi connectivity index (χ1n) is 12.8. The molecule has 7 nitrogen and oxygen atoms in total.